The van der Waals surface area contributed by atoms with Crippen LogP contribution >= 0.6 is 12.4 Å². The van der Waals surface area contributed by atoms with Crippen molar-refractivity contribution in [2.45, 2.75) is 44.2 Å². The third kappa shape index (κ3) is 3.65. The minimum absolute atomic E-state index is 0. The molecule has 1 fully saturated rings. The van der Waals surface area contributed by atoms with Crippen LogP contribution in [0.2, 0.25) is 0 Å². The molecule has 4 rings (SSSR count). The highest BCUT2D eigenvalue weighted by Crippen LogP contribution is 2.37. The number of aromatic nitrogens is 6. The fourth-order valence-corrected chi connectivity index (χ4v) is 3.18. The lowest BCUT2D eigenvalue weighted by Gasteiger charge is -2.34. The van der Waals surface area contributed by atoms with Crippen LogP contribution in [0.25, 0.3) is 0 Å². The van der Waals surface area contributed by atoms with Gasteiger partial charge in [-0.25, -0.2) is 4.68 Å². The SMILES string of the molecule is COc1cccc(CC(c2nc(C3(N)CCC3)no2)n2nnnc2C)c1.Cl. The van der Waals surface area contributed by atoms with Gasteiger partial charge < -0.3 is 15.0 Å². The molecule has 1 aliphatic carbocycles. The van der Waals surface area contributed by atoms with Crippen LogP contribution in [-0.2, 0) is 12.0 Å². The van der Waals surface area contributed by atoms with Gasteiger partial charge >= 0.3 is 0 Å². The summed E-state index contributed by atoms with van der Waals surface area (Å²) in [5, 5.41) is 16.0. The lowest BCUT2D eigenvalue weighted by Crippen LogP contribution is -2.44. The van der Waals surface area contributed by atoms with E-state index in [2.05, 4.69) is 25.7 Å². The Morgan fingerprint density at radius 1 is 1.37 bits per heavy atom. The van der Waals surface area contributed by atoms with E-state index in [4.69, 9.17) is 15.0 Å². The van der Waals surface area contributed by atoms with E-state index in [1.165, 1.54) is 0 Å². The zero-order valence-corrected chi connectivity index (χ0v) is 16.0. The van der Waals surface area contributed by atoms with Crippen LogP contribution in [0.3, 0.4) is 0 Å². The molecule has 2 N–H and O–H groups in total. The average Bonchev–Trinajstić information content (AvgIpc) is 3.27. The summed E-state index contributed by atoms with van der Waals surface area (Å²) in [5.74, 6) is 2.47. The number of methoxy groups -OCH3 is 1. The Hall–Kier alpha value is -2.52. The van der Waals surface area contributed by atoms with Crippen molar-refractivity contribution in [1.82, 2.24) is 30.3 Å². The van der Waals surface area contributed by atoms with Gasteiger partial charge in [0.2, 0.25) is 0 Å². The first-order valence-electron chi connectivity index (χ1n) is 8.59. The number of ether oxygens (including phenoxy) is 1. The zero-order chi connectivity index (χ0) is 18.1. The minimum atomic E-state index is -0.474. The van der Waals surface area contributed by atoms with Crippen molar-refractivity contribution in [1.29, 1.82) is 0 Å². The first-order valence-corrected chi connectivity index (χ1v) is 8.59. The number of hydrogen-bond acceptors (Lipinski definition) is 8. The van der Waals surface area contributed by atoms with Gasteiger partial charge in [-0.05, 0) is 54.3 Å². The van der Waals surface area contributed by atoms with E-state index in [1.54, 1.807) is 11.8 Å². The number of rotatable bonds is 6. The van der Waals surface area contributed by atoms with E-state index in [9.17, 15) is 0 Å². The number of nitrogens with zero attached hydrogens (tertiary/aromatic N) is 6. The lowest BCUT2D eigenvalue weighted by molar-refractivity contribution is 0.228. The summed E-state index contributed by atoms with van der Waals surface area (Å²) >= 11 is 0. The van der Waals surface area contributed by atoms with Gasteiger partial charge in [0.15, 0.2) is 5.82 Å². The highest BCUT2D eigenvalue weighted by molar-refractivity contribution is 5.85. The molecule has 1 atom stereocenters. The number of halogens is 1. The van der Waals surface area contributed by atoms with E-state index >= 15 is 0 Å². The summed E-state index contributed by atoms with van der Waals surface area (Å²) in [6.45, 7) is 1.84. The van der Waals surface area contributed by atoms with Gasteiger partial charge in [0, 0.05) is 6.42 Å². The Labute approximate surface area is 162 Å². The highest BCUT2D eigenvalue weighted by Gasteiger charge is 2.40. The number of aryl methyl sites for hydroxylation is 1. The van der Waals surface area contributed by atoms with Gasteiger partial charge in [-0.2, -0.15) is 4.98 Å². The third-order valence-corrected chi connectivity index (χ3v) is 4.93. The van der Waals surface area contributed by atoms with Crippen LogP contribution < -0.4 is 10.5 Å². The lowest BCUT2D eigenvalue weighted by atomic mass is 9.77. The first-order chi connectivity index (χ1) is 12.6. The molecule has 3 aromatic rings. The fourth-order valence-electron chi connectivity index (χ4n) is 3.18. The summed E-state index contributed by atoms with van der Waals surface area (Å²) in [4.78, 5) is 4.59. The van der Waals surface area contributed by atoms with Crippen LogP contribution in [0.15, 0.2) is 28.8 Å². The van der Waals surface area contributed by atoms with Gasteiger partial charge in [-0.1, -0.05) is 17.3 Å². The average molecular weight is 392 g/mol. The van der Waals surface area contributed by atoms with Crippen LogP contribution in [0.4, 0.5) is 0 Å². The Bertz CT molecular complexity index is 906. The van der Waals surface area contributed by atoms with Crippen LogP contribution in [0, 0.1) is 6.92 Å². The Morgan fingerprint density at radius 3 is 2.81 bits per heavy atom. The largest absolute Gasteiger partial charge is 0.497 e. The first kappa shape index (κ1) is 19.2. The number of nitrogens with two attached hydrogens (primary N) is 1. The van der Waals surface area contributed by atoms with Crippen molar-refractivity contribution in [2.24, 2.45) is 5.73 Å². The van der Waals surface area contributed by atoms with Gasteiger partial charge in [0.05, 0.1) is 12.6 Å². The maximum absolute atomic E-state index is 6.33. The molecule has 1 saturated carbocycles. The number of benzene rings is 1. The Balaban J connectivity index is 0.00000210. The smallest absolute Gasteiger partial charge is 0.252 e. The van der Waals surface area contributed by atoms with Crippen molar-refractivity contribution in [3.8, 4) is 5.75 Å². The molecule has 0 radical (unpaired) electrons. The summed E-state index contributed by atoms with van der Waals surface area (Å²) in [7, 11) is 1.64. The topological polar surface area (TPSA) is 118 Å². The molecule has 1 unspecified atom stereocenters. The quantitative estimate of drug-likeness (QED) is 0.677. The van der Waals surface area contributed by atoms with Crippen molar-refractivity contribution in [3.05, 3.63) is 47.4 Å². The van der Waals surface area contributed by atoms with Gasteiger partial charge in [-0.15, -0.1) is 17.5 Å². The molecule has 0 bridgehead atoms. The Kier molecular flexibility index (Phi) is 5.43. The molecule has 0 spiro atoms. The molecule has 1 aliphatic rings. The van der Waals surface area contributed by atoms with E-state index in [-0.39, 0.29) is 18.4 Å². The summed E-state index contributed by atoms with van der Waals surface area (Å²) < 4.78 is 12.6. The molecule has 0 saturated heterocycles. The molecule has 1 aromatic carbocycles. The summed E-state index contributed by atoms with van der Waals surface area (Å²) in [6.07, 6.45) is 3.41. The van der Waals surface area contributed by atoms with E-state index in [0.717, 1.165) is 30.6 Å². The monoisotopic (exact) mass is 391 g/mol. The van der Waals surface area contributed by atoms with E-state index in [0.29, 0.717) is 24.0 Å². The molecule has 144 valence electrons. The van der Waals surface area contributed by atoms with E-state index in [1.807, 2.05) is 31.2 Å². The predicted molar refractivity (Wildman–Crippen MR) is 98.7 cm³/mol. The molecular weight excluding hydrogens is 370 g/mol. The second-order valence-electron chi connectivity index (χ2n) is 6.71. The van der Waals surface area contributed by atoms with Crippen LogP contribution in [0.5, 0.6) is 5.75 Å². The van der Waals surface area contributed by atoms with Gasteiger partial charge in [0.1, 0.15) is 17.6 Å². The predicted octanol–water partition coefficient (Wildman–Crippen LogP) is 1.96. The van der Waals surface area contributed by atoms with E-state index < -0.39 is 5.54 Å². The molecule has 27 heavy (non-hydrogen) atoms. The third-order valence-electron chi connectivity index (χ3n) is 4.93. The van der Waals surface area contributed by atoms with Crippen LogP contribution in [-0.4, -0.2) is 37.5 Å². The normalized spacial score (nSPS) is 16.3. The zero-order valence-electron chi connectivity index (χ0n) is 15.2. The molecule has 2 aromatic heterocycles. The summed E-state index contributed by atoms with van der Waals surface area (Å²) in [6, 6.07) is 7.52. The fraction of sp³-hybridized carbons (Fsp3) is 0.471. The summed E-state index contributed by atoms with van der Waals surface area (Å²) in [5.41, 5.74) is 6.90. The molecule has 0 amide bonds. The van der Waals surface area contributed by atoms with Gasteiger partial charge in [0.25, 0.3) is 5.89 Å². The Morgan fingerprint density at radius 2 is 2.19 bits per heavy atom. The van der Waals surface area contributed by atoms with Crippen molar-refractivity contribution < 1.29 is 9.26 Å². The van der Waals surface area contributed by atoms with Crippen molar-refractivity contribution in [3.63, 3.8) is 0 Å². The van der Waals surface area contributed by atoms with Crippen molar-refractivity contribution in [2.75, 3.05) is 7.11 Å². The second kappa shape index (κ2) is 7.61. The maximum atomic E-state index is 6.33. The highest BCUT2D eigenvalue weighted by atomic mass is 35.5. The second-order valence-corrected chi connectivity index (χ2v) is 6.71. The van der Waals surface area contributed by atoms with Crippen LogP contribution in [0.1, 0.15) is 48.4 Å². The molecular formula is C17H22ClN7O2. The maximum Gasteiger partial charge on any atom is 0.252 e. The van der Waals surface area contributed by atoms with Gasteiger partial charge in [-0.3, -0.25) is 0 Å². The standard InChI is InChI=1S/C17H21N7O2.ClH/c1-11-20-22-23-24(11)14(10-12-5-3-6-13(9-12)25-2)15-19-16(21-26-15)17(18)7-4-8-17;/h3,5-6,9,14H,4,7-8,10,18H2,1-2H3;1H. The number of tetrazole rings is 1. The molecule has 0 aliphatic heterocycles. The molecule has 2 heterocycles. The minimum Gasteiger partial charge on any atom is -0.497 e. The molecule has 10 heteroatoms. The molecule has 9 nitrogen and oxygen atoms in total. The number of hydrogen-bond donors (Lipinski definition) is 1. The van der Waals surface area contributed by atoms with Crippen molar-refractivity contribution >= 4 is 12.4 Å².